The van der Waals surface area contributed by atoms with Crippen molar-refractivity contribution in [3.63, 3.8) is 0 Å². The van der Waals surface area contributed by atoms with Crippen LogP contribution >= 0.6 is 34.1 Å². The average Bonchev–Trinajstić information content (AvgIpc) is 2.74. The van der Waals surface area contributed by atoms with E-state index in [1.165, 1.54) is 122 Å². The molecule has 0 aromatic rings. The van der Waals surface area contributed by atoms with Crippen LogP contribution in [-0.4, -0.2) is 24.6 Å². The predicted molar refractivity (Wildman–Crippen MR) is 163 cm³/mol. The summed E-state index contributed by atoms with van der Waals surface area (Å²) >= 11 is 0. The molecule has 31 heavy (non-hydrogen) atoms. The highest BCUT2D eigenvalue weighted by molar-refractivity contribution is 8.93. The van der Waals surface area contributed by atoms with Crippen LogP contribution < -0.4 is 0 Å². The molecule has 0 N–H and O–H groups in total. The highest BCUT2D eigenvalue weighted by Crippen LogP contribution is 2.61. The molecule has 0 aromatic carbocycles. The van der Waals surface area contributed by atoms with Gasteiger partial charge in [0.25, 0.3) is 0 Å². The molecule has 0 saturated carbocycles. The summed E-state index contributed by atoms with van der Waals surface area (Å²) in [6.45, 7) is 9.48. The second-order valence-electron chi connectivity index (χ2n) is 9.89. The Hall–Kier alpha value is 1.34. The van der Waals surface area contributed by atoms with Gasteiger partial charge in [0.05, 0.1) is 24.6 Å². The number of halogens is 1. The van der Waals surface area contributed by atoms with Crippen molar-refractivity contribution in [1.82, 2.24) is 0 Å². The van der Waals surface area contributed by atoms with Crippen LogP contribution in [0, 0.1) is 0 Å². The van der Waals surface area contributed by atoms with E-state index in [4.69, 9.17) is 0 Å². The Morgan fingerprint density at radius 3 is 0.839 bits per heavy atom. The van der Waals surface area contributed by atoms with Gasteiger partial charge < -0.3 is 0 Å². The van der Waals surface area contributed by atoms with Crippen molar-refractivity contribution in [2.75, 3.05) is 24.6 Å². The van der Waals surface area contributed by atoms with Crippen LogP contribution in [0.15, 0.2) is 0 Å². The fourth-order valence-corrected chi connectivity index (χ4v) is 9.99. The molecule has 0 radical (unpaired) electrons. The molecule has 0 aliphatic carbocycles. The van der Waals surface area contributed by atoms with Crippen LogP contribution in [0.3, 0.4) is 0 Å². The Labute approximate surface area is 214 Å². The van der Waals surface area contributed by atoms with Gasteiger partial charge in [-0.3, -0.25) is 0 Å². The van der Waals surface area contributed by atoms with E-state index in [-0.39, 0.29) is 26.9 Å². The maximum atomic E-state index is 2.39. The van der Waals surface area contributed by atoms with Crippen molar-refractivity contribution in [3.05, 3.63) is 0 Å². The van der Waals surface area contributed by atoms with Gasteiger partial charge in [-0.05, 0) is 32.1 Å². The molecule has 3 heteroatoms. The first-order valence-corrected chi connectivity index (χ1v) is 16.6. The van der Waals surface area contributed by atoms with Crippen LogP contribution in [0.5, 0.6) is 0 Å². The number of hydrogen-bond acceptors (Lipinski definition) is 0. The van der Waals surface area contributed by atoms with Crippen LogP contribution in [0.25, 0.3) is 0 Å². The third-order valence-corrected chi connectivity index (χ3v) is 12.0. The molecular weight excluding hydrogens is 478 g/mol. The topological polar surface area (TPSA) is 0 Å². The summed E-state index contributed by atoms with van der Waals surface area (Å²) in [5.41, 5.74) is 0. The third kappa shape index (κ3) is 24.3. The summed E-state index contributed by atoms with van der Waals surface area (Å²) in [5, 5.41) is 0. The molecule has 0 nitrogen and oxygen atoms in total. The van der Waals surface area contributed by atoms with Crippen molar-refractivity contribution < 1.29 is 0 Å². The third-order valence-electron chi connectivity index (χ3n) is 6.94. The lowest BCUT2D eigenvalue weighted by Gasteiger charge is -2.28. The minimum Gasteiger partial charge on any atom is -0.153 e. The Morgan fingerprint density at radius 1 is 0.323 bits per heavy atom. The first-order valence-electron chi connectivity index (χ1n) is 14.1. The monoisotopic (exact) mass is 541 g/mol. The minimum absolute atomic E-state index is 0. The minimum atomic E-state index is -0.630. The Balaban J connectivity index is -0.00000392. The molecule has 192 valence electrons. The van der Waals surface area contributed by atoms with E-state index in [0.717, 1.165) is 0 Å². The van der Waals surface area contributed by atoms with Crippen molar-refractivity contribution in [2.24, 2.45) is 0 Å². The lowest BCUT2D eigenvalue weighted by atomic mass is 10.0. The lowest BCUT2D eigenvalue weighted by Crippen LogP contribution is -2.13. The van der Waals surface area contributed by atoms with E-state index in [1.54, 1.807) is 31.1 Å². The SMILES string of the molecule is Br.CCCCCCCCCCCCCCCC[P+](CCCC)(CCCC)CCCC.P. The zero-order valence-corrected chi connectivity index (χ0v) is 26.6. The molecule has 0 spiro atoms. The summed E-state index contributed by atoms with van der Waals surface area (Å²) in [6.07, 6.45) is 36.0. The number of hydrogen-bond donors (Lipinski definition) is 0. The molecule has 0 fully saturated rings. The number of unbranched alkanes of at least 4 members (excludes halogenated alkanes) is 16. The van der Waals surface area contributed by atoms with Gasteiger partial charge in [-0.15, -0.1) is 17.0 Å². The molecule has 1 unspecified atom stereocenters. The second-order valence-corrected chi connectivity index (χ2v) is 14.4. The molecule has 0 amide bonds. The van der Waals surface area contributed by atoms with Crippen LogP contribution in [-0.2, 0) is 0 Å². The molecule has 0 aromatic heterocycles. The van der Waals surface area contributed by atoms with Gasteiger partial charge in [0.15, 0.2) is 0 Å². The standard InChI is InChI=1S/C28H60P.BrH.H3P/c1-5-9-13-14-15-16-17-18-19-20-21-22-23-24-28-29(25-10-6-2,26-11-7-3)27-12-8-4;;/h5-28H2,1-4H3;1H;1H3/q+1;;. The highest BCUT2D eigenvalue weighted by atomic mass is 79.9. The van der Waals surface area contributed by atoms with Gasteiger partial charge in [-0.2, -0.15) is 9.90 Å². The smallest absolute Gasteiger partial charge is 0.0594 e. The summed E-state index contributed by atoms with van der Waals surface area (Å²) in [7, 11) is -0.630. The zero-order valence-electron chi connectivity index (χ0n) is 22.5. The van der Waals surface area contributed by atoms with Crippen molar-refractivity contribution in [1.29, 1.82) is 0 Å². The van der Waals surface area contributed by atoms with Crippen LogP contribution in [0.1, 0.15) is 156 Å². The molecule has 1 atom stereocenters. The lowest BCUT2D eigenvalue weighted by molar-refractivity contribution is 0.538. The maximum absolute atomic E-state index is 2.39. The summed E-state index contributed by atoms with van der Waals surface area (Å²) in [5.74, 6) is 0. The van der Waals surface area contributed by atoms with Crippen molar-refractivity contribution >= 4 is 34.1 Å². The maximum Gasteiger partial charge on any atom is 0.0594 e. The fourth-order valence-electron chi connectivity index (χ4n) is 4.79. The van der Waals surface area contributed by atoms with Crippen molar-refractivity contribution in [2.45, 2.75) is 156 Å². The molecule has 0 saturated heterocycles. The van der Waals surface area contributed by atoms with Crippen molar-refractivity contribution in [3.8, 4) is 0 Å². The molecule has 0 aliphatic heterocycles. The van der Waals surface area contributed by atoms with Gasteiger partial charge >= 0.3 is 0 Å². The van der Waals surface area contributed by atoms with E-state index < -0.39 is 7.26 Å². The Kier molecular flexibility index (Phi) is 35.0. The van der Waals surface area contributed by atoms with E-state index >= 15 is 0 Å². The second kappa shape index (κ2) is 29.4. The summed E-state index contributed by atoms with van der Waals surface area (Å²) in [4.78, 5) is 0. The molecule has 0 aliphatic rings. The highest BCUT2D eigenvalue weighted by Gasteiger charge is 2.34. The van der Waals surface area contributed by atoms with E-state index in [2.05, 4.69) is 27.7 Å². The molecule has 0 rings (SSSR count). The largest absolute Gasteiger partial charge is 0.153 e. The molecule has 0 bridgehead atoms. The van der Waals surface area contributed by atoms with E-state index in [1.807, 2.05) is 0 Å². The average molecular weight is 543 g/mol. The van der Waals surface area contributed by atoms with Crippen LogP contribution in [0.2, 0.25) is 0 Å². The normalized spacial score (nSPS) is 11.2. The van der Waals surface area contributed by atoms with E-state index in [9.17, 15) is 0 Å². The van der Waals surface area contributed by atoms with E-state index in [0.29, 0.717) is 0 Å². The van der Waals surface area contributed by atoms with Gasteiger partial charge in [-0.1, -0.05) is 124 Å². The summed E-state index contributed by atoms with van der Waals surface area (Å²) < 4.78 is 0. The van der Waals surface area contributed by atoms with Crippen LogP contribution in [0.4, 0.5) is 0 Å². The van der Waals surface area contributed by atoms with Gasteiger partial charge in [0, 0.05) is 7.26 Å². The fraction of sp³-hybridized carbons (Fsp3) is 1.00. The zero-order chi connectivity index (χ0) is 21.5. The first kappa shape index (κ1) is 36.9. The quantitative estimate of drug-likeness (QED) is 0.0840. The van der Waals surface area contributed by atoms with Gasteiger partial charge in [-0.25, -0.2) is 0 Å². The number of rotatable bonds is 24. The van der Waals surface area contributed by atoms with Gasteiger partial charge in [0.1, 0.15) is 0 Å². The Bertz CT molecular complexity index is 288. The summed E-state index contributed by atoms with van der Waals surface area (Å²) in [6, 6.07) is 0. The van der Waals surface area contributed by atoms with Gasteiger partial charge in [0.2, 0.25) is 0 Å². The predicted octanol–water partition coefficient (Wildman–Crippen LogP) is 11.5. The molecular formula is C28H64BrP2+. The molecule has 0 heterocycles. The Morgan fingerprint density at radius 2 is 0.548 bits per heavy atom. The first-order chi connectivity index (χ1) is 14.2.